The van der Waals surface area contributed by atoms with Crippen LogP contribution in [0.25, 0.3) is 0 Å². The van der Waals surface area contributed by atoms with Gasteiger partial charge < -0.3 is 19.5 Å². The van der Waals surface area contributed by atoms with Crippen molar-refractivity contribution in [1.29, 1.82) is 0 Å². The van der Waals surface area contributed by atoms with Crippen LogP contribution in [0.4, 0.5) is 0 Å². The highest BCUT2D eigenvalue weighted by Crippen LogP contribution is 2.62. The number of aliphatic hydroxyl groups excluding tert-OH is 1. The number of aliphatic hydroxyl groups is 1. The van der Waals surface area contributed by atoms with Gasteiger partial charge >= 0.3 is 7.91 Å². The lowest BCUT2D eigenvalue weighted by atomic mass is 9.53. The number of methoxy groups -OCH3 is 1. The van der Waals surface area contributed by atoms with E-state index < -0.39 is 14.0 Å². The molecule has 2 aliphatic carbocycles. The van der Waals surface area contributed by atoms with Gasteiger partial charge in [0.2, 0.25) is 0 Å². The molecule has 0 aromatic heterocycles. The smallest absolute Gasteiger partial charge is 0.493 e. The standard InChI is InChI=1S/C18H21NO3.HO4P.H2/c1-19-8-7-18-11-4-5-13(20)17(18)22-16-14(21-2)6-3-10(15(16)18)9-12(11)19;1-4-5(2)3;/h3-6,11-13,17,20H,7-9H2,1-2H3;1H;1H/t11-,12-,13-,17-,18-;;/m0../s1. The average Bonchev–Trinajstić information content (AvgIpc) is 3.02. The average molecular weight is 397 g/mol. The molecule has 0 radical (unpaired) electrons. The monoisotopic (exact) mass is 397 g/mol. The van der Waals surface area contributed by atoms with Gasteiger partial charge in [0.1, 0.15) is 12.2 Å². The highest BCUT2D eigenvalue weighted by molar-refractivity contribution is 7.24. The summed E-state index contributed by atoms with van der Waals surface area (Å²) in [4.78, 5) is 2.47. The Bertz CT molecular complexity index is 853. The first-order valence-electron chi connectivity index (χ1n) is 8.83. The molecule has 8 nitrogen and oxygen atoms in total. The van der Waals surface area contributed by atoms with Gasteiger partial charge in [-0.05, 0) is 38.1 Å². The van der Waals surface area contributed by atoms with Crippen molar-refractivity contribution in [3.8, 4) is 11.5 Å². The summed E-state index contributed by atoms with van der Waals surface area (Å²) in [5.41, 5.74) is 2.60. The van der Waals surface area contributed by atoms with Crippen molar-refractivity contribution in [2.75, 3.05) is 20.7 Å². The number of hydrogen-bond acceptors (Lipinski definition) is 8. The van der Waals surface area contributed by atoms with E-state index in [0.717, 1.165) is 30.9 Å². The van der Waals surface area contributed by atoms with Gasteiger partial charge in [-0.3, -0.25) is 0 Å². The highest BCUT2D eigenvalue weighted by atomic mass is 31.1. The van der Waals surface area contributed by atoms with Gasteiger partial charge in [0.25, 0.3) is 0 Å². The summed E-state index contributed by atoms with van der Waals surface area (Å²) >= 11 is 0. The third-order valence-electron chi connectivity index (χ3n) is 6.42. The Morgan fingerprint density at radius 2 is 2.11 bits per heavy atom. The molecule has 1 aromatic carbocycles. The van der Waals surface area contributed by atoms with Gasteiger partial charge in [0.05, 0.1) is 7.11 Å². The van der Waals surface area contributed by atoms with Crippen LogP contribution in [0.3, 0.4) is 0 Å². The van der Waals surface area contributed by atoms with E-state index in [9.17, 15) is 5.11 Å². The van der Waals surface area contributed by atoms with E-state index in [1.165, 1.54) is 11.1 Å². The van der Waals surface area contributed by atoms with Crippen LogP contribution in [0.15, 0.2) is 24.3 Å². The number of nitrogens with zero attached hydrogens (tertiary/aromatic N) is 1. The van der Waals surface area contributed by atoms with Crippen LogP contribution in [0.1, 0.15) is 19.0 Å². The molecule has 2 bridgehead atoms. The SMILES string of the molecule is COc1ccc2c3c1O[C@H]1[C@@H](O)C=C[C@H]4[C@H](C2)N(C)CC[C@@]341.O=P(=O)OO.[HH]. The van der Waals surface area contributed by atoms with E-state index in [1.54, 1.807) is 7.11 Å². The predicted octanol–water partition coefficient (Wildman–Crippen LogP) is 2.31. The van der Waals surface area contributed by atoms with Crippen LogP contribution >= 0.6 is 7.91 Å². The molecule has 1 spiro atoms. The first-order valence-corrected chi connectivity index (χ1v) is 9.93. The van der Waals surface area contributed by atoms with Gasteiger partial charge in [-0.25, -0.2) is 14.4 Å². The molecule has 27 heavy (non-hydrogen) atoms. The molecule has 5 atom stereocenters. The Balaban J connectivity index is 0.000000338. The summed E-state index contributed by atoms with van der Waals surface area (Å²) in [7, 11) is 0.864. The van der Waals surface area contributed by atoms with Gasteiger partial charge in [-0.15, -0.1) is 4.67 Å². The summed E-state index contributed by atoms with van der Waals surface area (Å²) in [6.45, 7) is 1.05. The zero-order chi connectivity index (χ0) is 19.3. The zero-order valence-electron chi connectivity index (χ0n) is 15.1. The van der Waals surface area contributed by atoms with E-state index in [1.807, 2.05) is 12.1 Å². The number of benzene rings is 1. The Morgan fingerprint density at radius 1 is 1.37 bits per heavy atom. The summed E-state index contributed by atoms with van der Waals surface area (Å²) in [5, 5.41) is 17.6. The molecule has 2 N–H and O–H groups in total. The first kappa shape index (κ1) is 18.7. The van der Waals surface area contributed by atoms with Gasteiger partial charge in [-0.1, -0.05) is 18.2 Å². The van der Waals surface area contributed by atoms with Crippen LogP contribution in [0.5, 0.6) is 11.5 Å². The molecule has 9 heteroatoms. The van der Waals surface area contributed by atoms with Crippen LogP contribution in [0.2, 0.25) is 0 Å². The van der Waals surface area contributed by atoms with Gasteiger partial charge in [0.15, 0.2) is 11.5 Å². The molecule has 2 aliphatic heterocycles. The second-order valence-electron chi connectivity index (χ2n) is 7.42. The molecule has 148 valence electrons. The zero-order valence-corrected chi connectivity index (χ0v) is 16.0. The fraction of sp³-hybridized carbons (Fsp3) is 0.556. The van der Waals surface area contributed by atoms with E-state index >= 15 is 0 Å². The quantitative estimate of drug-likeness (QED) is 0.339. The summed E-state index contributed by atoms with van der Waals surface area (Å²) in [6, 6.07) is 4.70. The Labute approximate surface area is 158 Å². The van der Waals surface area contributed by atoms with Crippen LogP contribution in [-0.2, 0) is 25.6 Å². The van der Waals surface area contributed by atoms with E-state index in [0.29, 0.717) is 12.0 Å². The maximum absolute atomic E-state index is 10.6. The number of hydrogen-bond donors (Lipinski definition) is 2. The molecule has 4 aliphatic rings. The van der Waals surface area contributed by atoms with Crippen LogP contribution in [0, 0.1) is 5.92 Å². The molecule has 2 heterocycles. The van der Waals surface area contributed by atoms with Crippen molar-refractivity contribution >= 4 is 7.91 Å². The van der Waals surface area contributed by atoms with Gasteiger partial charge in [-0.2, -0.15) is 0 Å². The normalized spacial score (nSPS) is 34.8. The van der Waals surface area contributed by atoms with Crippen molar-refractivity contribution in [3.63, 3.8) is 0 Å². The minimum atomic E-state index is -3.04. The fourth-order valence-corrected chi connectivity index (χ4v) is 5.39. The number of likely N-dealkylation sites (tertiary alicyclic amines) is 1. The number of piperidine rings is 1. The van der Waals surface area contributed by atoms with Crippen molar-refractivity contribution in [2.24, 2.45) is 5.92 Å². The third kappa shape index (κ3) is 2.59. The Morgan fingerprint density at radius 3 is 2.78 bits per heavy atom. The molecule has 0 unspecified atom stereocenters. The van der Waals surface area contributed by atoms with Crippen LogP contribution < -0.4 is 9.47 Å². The molecule has 1 fully saturated rings. The van der Waals surface area contributed by atoms with E-state index in [-0.39, 0.29) is 12.9 Å². The van der Waals surface area contributed by atoms with Gasteiger partial charge in [0, 0.05) is 24.4 Å². The largest absolute Gasteiger partial charge is 0.496 e. The molecular weight excluding hydrogens is 373 g/mol. The second kappa shape index (κ2) is 6.72. The van der Waals surface area contributed by atoms with Crippen molar-refractivity contribution in [3.05, 3.63) is 35.4 Å². The highest BCUT2D eigenvalue weighted by Gasteiger charge is 2.64. The number of likely N-dealkylation sites (N-methyl/N-ethyl adjacent to an activating group) is 1. The molecule has 1 saturated heterocycles. The summed E-state index contributed by atoms with van der Waals surface area (Å²) < 4.78 is 32.4. The second-order valence-corrected chi connectivity index (χ2v) is 8.03. The lowest BCUT2D eigenvalue weighted by Gasteiger charge is -2.56. The van der Waals surface area contributed by atoms with Crippen molar-refractivity contribution in [1.82, 2.24) is 4.90 Å². The minimum absolute atomic E-state index is 0. The molecule has 0 saturated carbocycles. The van der Waals surface area contributed by atoms with E-state index in [4.69, 9.17) is 23.9 Å². The Kier molecular flexibility index (Phi) is 4.64. The molecule has 5 rings (SSSR count). The maximum atomic E-state index is 10.6. The van der Waals surface area contributed by atoms with E-state index in [2.05, 4.69) is 28.8 Å². The predicted molar refractivity (Wildman–Crippen MR) is 96.6 cm³/mol. The first-order chi connectivity index (χ1) is 12.9. The number of ether oxygens (including phenoxy) is 2. The Hall–Kier alpha value is -1.70. The molecular formula is C18H24NO7P. The molecule has 0 amide bonds. The molecule has 1 aromatic rings. The van der Waals surface area contributed by atoms with Crippen LogP contribution in [-0.4, -0.2) is 54.2 Å². The number of rotatable bonds is 2. The van der Waals surface area contributed by atoms with Crippen molar-refractivity contribution in [2.45, 2.75) is 36.5 Å². The topological polar surface area (TPSA) is 106 Å². The summed E-state index contributed by atoms with van der Waals surface area (Å²) in [5.74, 6) is 2.09. The minimum Gasteiger partial charge on any atom is -0.493 e. The summed E-state index contributed by atoms with van der Waals surface area (Å²) in [6.07, 6.45) is 5.54. The lowest BCUT2D eigenvalue weighted by molar-refractivity contribution is -0.132. The lowest BCUT2D eigenvalue weighted by Crippen LogP contribution is -2.64. The third-order valence-corrected chi connectivity index (χ3v) is 6.55. The maximum Gasteiger partial charge on any atom is 0.496 e. The van der Waals surface area contributed by atoms with Crippen molar-refractivity contribution < 1.29 is 35.1 Å². The fourth-order valence-electron chi connectivity index (χ4n) is 5.39.